The van der Waals surface area contributed by atoms with Gasteiger partial charge in [0.2, 0.25) is 5.82 Å². The van der Waals surface area contributed by atoms with Crippen molar-refractivity contribution in [1.29, 1.82) is 0 Å². The predicted octanol–water partition coefficient (Wildman–Crippen LogP) is 5.80. The highest BCUT2D eigenvalue weighted by Gasteiger charge is 2.36. The minimum absolute atomic E-state index is 0.0224. The largest absolute Gasteiger partial charge is 0.481 e. The summed E-state index contributed by atoms with van der Waals surface area (Å²) in [7, 11) is 0. The highest BCUT2D eigenvalue weighted by atomic mass is 19.4. The standard InChI is InChI=1S/C27H28F4N4O3/c28-20-9-12-34(13-10-20)23-8-7-19(14-22(23)27(29,30)31)25-32-26(38-33-25)18-5-3-17(4-6-18)16-35-11-1-2-21(35)15-24(36)37/h3-8,14,20-21H,1-2,9-13,15-16H2,(H,36,37). The molecule has 0 amide bonds. The van der Waals surface area contributed by atoms with Crippen LogP contribution < -0.4 is 4.90 Å². The number of aliphatic carboxylic acids is 1. The average molecular weight is 533 g/mol. The number of benzene rings is 2. The summed E-state index contributed by atoms with van der Waals surface area (Å²) in [6, 6.07) is 11.3. The lowest BCUT2D eigenvalue weighted by Crippen LogP contribution is -2.35. The first-order valence-corrected chi connectivity index (χ1v) is 12.7. The Morgan fingerprint density at radius 2 is 1.74 bits per heavy atom. The minimum atomic E-state index is -4.60. The lowest BCUT2D eigenvalue weighted by atomic mass is 10.0. The Bertz CT molecular complexity index is 1270. The van der Waals surface area contributed by atoms with Crippen molar-refractivity contribution in [3.8, 4) is 22.8 Å². The van der Waals surface area contributed by atoms with E-state index in [1.807, 2.05) is 12.1 Å². The summed E-state index contributed by atoms with van der Waals surface area (Å²) < 4.78 is 60.6. The van der Waals surface area contributed by atoms with Gasteiger partial charge in [0.25, 0.3) is 5.89 Å². The first-order chi connectivity index (χ1) is 18.2. The van der Waals surface area contributed by atoms with Crippen molar-refractivity contribution in [3.05, 3.63) is 53.6 Å². The van der Waals surface area contributed by atoms with Gasteiger partial charge in [-0.2, -0.15) is 18.2 Å². The van der Waals surface area contributed by atoms with E-state index in [-0.39, 0.29) is 61.4 Å². The average Bonchev–Trinajstić information content (AvgIpc) is 3.54. The maximum Gasteiger partial charge on any atom is 0.418 e. The Labute approximate surface area is 217 Å². The highest BCUT2D eigenvalue weighted by molar-refractivity contribution is 5.68. The number of rotatable bonds is 7. The van der Waals surface area contributed by atoms with Gasteiger partial charge in [-0.1, -0.05) is 17.3 Å². The monoisotopic (exact) mass is 532 g/mol. The highest BCUT2D eigenvalue weighted by Crippen LogP contribution is 2.40. The van der Waals surface area contributed by atoms with Crippen LogP contribution in [-0.2, 0) is 17.5 Å². The molecule has 3 heterocycles. The molecule has 1 aromatic heterocycles. The van der Waals surface area contributed by atoms with Crippen LogP contribution in [0.1, 0.15) is 43.2 Å². The number of carboxylic acid groups (broad SMARTS) is 1. The molecule has 2 aliphatic heterocycles. The van der Waals surface area contributed by atoms with Crippen LogP contribution >= 0.6 is 0 Å². The molecule has 3 aromatic rings. The number of nitrogens with zero attached hydrogens (tertiary/aromatic N) is 4. The van der Waals surface area contributed by atoms with Crippen molar-refractivity contribution in [2.45, 2.75) is 57.0 Å². The number of hydrogen-bond acceptors (Lipinski definition) is 6. The Kier molecular flexibility index (Phi) is 7.38. The second-order valence-electron chi connectivity index (χ2n) is 9.88. The summed E-state index contributed by atoms with van der Waals surface area (Å²) in [6.45, 7) is 1.93. The first-order valence-electron chi connectivity index (χ1n) is 12.7. The summed E-state index contributed by atoms with van der Waals surface area (Å²) >= 11 is 0. The number of carbonyl (C=O) groups is 1. The smallest absolute Gasteiger partial charge is 0.418 e. The number of carboxylic acids is 1. The third-order valence-electron chi connectivity index (χ3n) is 7.25. The summed E-state index contributed by atoms with van der Waals surface area (Å²) in [5.41, 5.74) is 1.01. The minimum Gasteiger partial charge on any atom is -0.481 e. The van der Waals surface area contributed by atoms with Gasteiger partial charge in [0, 0.05) is 42.5 Å². The van der Waals surface area contributed by atoms with Gasteiger partial charge in [0.05, 0.1) is 12.0 Å². The van der Waals surface area contributed by atoms with E-state index >= 15 is 0 Å². The lowest BCUT2D eigenvalue weighted by molar-refractivity contribution is -0.138. The Morgan fingerprint density at radius 3 is 2.42 bits per heavy atom. The molecule has 0 bridgehead atoms. The molecule has 2 saturated heterocycles. The molecule has 0 spiro atoms. The maximum absolute atomic E-state index is 13.9. The number of hydrogen-bond donors (Lipinski definition) is 1. The summed E-state index contributed by atoms with van der Waals surface area (Å²) in [4.78, 5) is 19.2. The zero-order valence-corrected chi connectivity index (χ0v) is 20.6. The molecule has 202 valence electrons. The molecule has 2 aromatic carbocycles. The molecule has 7 nitrogen and oxygen atoms in total. The van der Waals surface area contributed by atoms with Crippen molar-refractivity contribution >= 4 is 11.7 Å². The van der Waals surface area contributed by atoms with Gasteiger partial charge in [-0.15, -0.1) is 0 Å². The Hall–Kier alpha value is -3.47. The van der Waals surface area contributed by atoms with Crippen LogP contribution in [-0.4, -0.2) is 58.0 Å². The SMILES string of the molecule is O=C(O)CC1CCCN1Cc1ccc(-c2nc(-c3ccc(N4CCC(F)CC4)c(C(F)(F)F)c3)no2)cc1. The molecule has 1 atom stereocenters. The molecule has 1 N–H and O–H groups in total. The fraction of sp³-hybridized carbons (Fsp3) is 0.444. The van der Waals surface area contributed by atoms with Gasteiger partial charge >= 0.3 is 12.1 Å². The molecule has 11 heteroatoms. The van der Waals surface area contributed by atoms with Gasteiger partial charge < -0.3 is 14.5 Å². The molecule has 2 aliphatic rings. The fourth-order valence-electron chi connectivity index (χ4n) is 5.25. The number of alkyl halides is 4. The van der Waals surface area contributed by atoms with E-state index in [4.69, 9.17) is 9.63 Å². The lowest BCUT2D eigenvalue weighted by Gasteiger charge is -2.32. The van der Waals surface area contributed by atoms with Gasteiger partial charge in [-0.3, -0.25) is 9.69 Å². The van der Waals surface area contributed by atoms with Crippen LogP contribution in [0.2, 0.25) is 0 Å². The van der Waals surface area contributed by atoms with Crippen molar-refractivity contribution in [2.75, 3.05) is 24.5 Å². The van der Waals surface area contributed by atoms with Crippen LogP contribution in [0.3, 0.4) is 0 Å². The van der Waals surface area contributed by atoms with Crippen molar-refractivity contribution < 1.29 is 32.0 Å². The molecule has 2 fully saturated rings. The third-order valence-corrected chi connectivity index (χ3v) is 7.25. The predicted molar refractivity (Wildman–Crippen MR) is 132 cm³/mol. The molecular formula is C27H28F4N4O3. The number of piperidine rings is 1. The number of aromatic nitrogens is 2. The van der Waals surface area contributed by atoms with Crippen molar-refractivity contribution in [3.63, 3.8) is 0 Å². The summed E-state index contributed by atoms with van der Waals surface area (Å²) in [5, 5.41) is 13.0. The topological polar surface area (TPSA) is 82.7 Å². The third kappa shape index (κ3) is 5.82. The zero-order valence-electron chi connectivity index (χ0n) is 20.6. The van der Waals surface area contributed by atoms with Crippen LogP contribution in [0.25, 0.3) is 22.8 Å². The van der Waals surface area contributed by atoms with Gasteiger partial charge in [0.15, 0.2) is 0 Å². The second kappa shape index (κ2) is 10.7. The molecule has 0 saturated carbocycles. The molecule has 1 unspecified atom stereocenters. The van der Waals surface area contributed by atoms with E-state index in [1.165, 1.54) is 12.1 Å². The van der Waals surface area contributed by atoms with Crippen LogP contribution in [0.15, 0.2) is 47.0 Å². The molecule has 0 aliphatic carbocycles. The van der Waals surface area contributed by atoms with E-state index in [9.17, 15) is 22.4 Å². The Morgan fingerprint density at radius 1 is 1.03 bits per heavy atom. The Balaban J connectivity index is 1.32. The van der Waals surface area contributed by atoms with Crippen molar-refractivity contribution in [1.82, 2.24) is 15.0 Å². The zero-order chi connectivity index (χ0) is 26.9. The van der Waals surface area contributed by atoms with E-state index in [1.54, 1.807) is 17.0 Å². The van der Waals surface area contributed by atoms with Gasteiger partial charge in [-0.25, -0.2) is 4.39 Å². The fourth-order valence-corrected chi connectivity index (χ4v) is 5.25. The van der Waals surface area contributed by atoms with E-state index in [0.717, 1.165) is 31.0 Å². The van der Waals surface area contributed by atoms with Crippen molar-refractivity contribution in [2.24, 2.45) is 0 Å². The van der Waals surface area contributed by atoms with Crippen LogP contribution in [0.4, 0.5) is 23.2 Å². The molecule has 5 rings (SSSR count). The van der Waals surface area contributed by atoms with E-state index in [2.05, 4.69) is 15.0 Å². The first kappa shape index (κ1) is 26.1. The number of halogens is 4. The molecular weight excluding hydrogens is 504 g/mol. The second-order valence-corrected chi connectivity index (χ2v) is 9.88. The molecule has 0 radical (unpaired) electrons. The van der Waals surface area contributed by atoms with Gasteiger partial charge in [-0.05, 0) is 68.1 Å². The molecule has 38 heavy (non-hydrogen) atoms. The van der Waals surface area contributed by atoms with Gasteiger partial charge in [0.1, 0.15) is 6.17 Å². The maximum atomic E-state index is 13.9. The van der Waals surface area contributed by atoms with E-state index < -0.39 is 23.9 Å². The number of anilines is 1. The van der Waals surface area contributed by atoms with E-state index in [0.29, 0.717) is 12.1 Å². The quantitative estimate of drug-likeness (QED) is 0.385. The van der Waals surface area contributed by atoms with Crippen LogP contribution in [0, 0.1) is 0 Å². The number of likely N-dealkylation sites (tertiary alicyclic amines) is 1. The normalized spacial score (nSPS) is 19.3. The van der Waals surface area contributed by atoms with Crippen LogP contribution in [0.5, 0.6) is 0 Å². The summed E-state index contributed by atoms with van der Waals surface area (Å²) in [6.07, 6.45) is -3.23. The summed E-state index contributed by atoms with van der Waals surface area (Å²) in [5.74, 6) is -0.584.